The minimum Gasteiger partial charge on any atom is -0.480 e. The highest BCUT2D eigenvalue weighted by Gasteiger charge is 2.27. The molecule has 2 rings (SSSR count). The second kappa shape index (κ2) is 6.92. The number of rotatable bonds is 3. The Morgan fingerprint density at radius 2 is 1.90 bits per heavy atom. The first-order valence-corrected chi connectivity index (χ1v) is 6.87. The molecule has 1 aliphatic heterocycles. The van der Waals surface area contributed by atoms with Crippen molar-refractivity contribution in [3.05, 3.63) is 23.9 Å². The second-order valence-corrected chi connectivity index (χ2v) is 4.54. The van der Waals surface area contributed by atoms with Crippen LogP contribution in [0.2, 0.25) is 0 Å². The van der Waals surface area contributed by atoms with Crippen LogP contribution >= 0.6 is 0 Å². The number of methoxy groups -OCH3 is 1. The standard InChI is InChI=1S/C14H19N3O4/c1-3-21-14(19)17-9-7-16(8-10-17)13(18)11-5-4-6-15-12(11)20-2/h4-6H,3,7-10H2,1-2H3. The number of ether oxygens (including phenoxy) is 2. The van der Waals surface area contributed by atoms with Crippen LogP contribution in [0.15, 0.2) is 18.3 Å². The molecule has 1 fully saturated rings. The van der Waals surface area contributed by atoms with Gasteiger partial charge in [-0.25, -0.2) is 9.78 Å². The molecule has 21 heavy (non-hydrogen) atoms. The van der Waals surface area contributed by atoms with Gasteiger partial charge in [-0.1, -0.05) is 0 Å². The second-order valence-electron chi connectivity index (χ2n) is 4.54. The maximum Gasteiger partial charge on any atom is 0.409 e. The number of carbonyl (C=O) groups is 2. The van der Waals surface area contributed by atoms with Gasteiger partial charge in [-0.2, -0.15) is 0 Å². The zero-order valence-electron chi connectivity index (χ0n) is 12.2. The molecule has 7 nitrogen and oxygen atoms in total. The molecule has 2 heterocycles. The van der Waals surface area contributed by atoms with Gasteiger partial charge in [0.1, 0.15) is 5.56 Å². The Kier molecular flexibility index (Phi) is 4.97. The zero-order valence-corrected chi connectivity index (χ0v) is 12.2. The number of carbonyl (C=O) groups excluding carboxylic acids is 2. The lowest BCUT2D eigenvalue weighted by Crippen LogP contribution is -2.50. The van der Waals surface area contributed by atoms with Gasteiger partial charge in [0.05, 0.1) is 13.7 Å². The lowest BCUT2D eigenvalue weighted by molar-refractivity contribution is 0.0567. The van der Waals surface area contributed by atoms with Crippen molar-refractivity contribution in [1.29, 1.82) is 0 Å². The van der Waals surface area contributed by atoms with Crippen molar-refractivity contribution in [3.8, 4) is 5.88 Å². The molecule has 1 saturated heterocycles. The fourth-order valence-corrected chi connectivity index (χ4v) is 2.19. The van der Waals surface area contributed by atoms with E-state index in [0.29, 0.717) is 44.2 Å². The molecular formula is C14H19N3O4. The molecular weight excluding hydrogens is 274 g/mol. The third-order valence-electron chi connectivity index (χ3n) is 3.29. The summed E-state index contributed by atoms with van der Waals surface area (Å²) >= 11 is 0. The van der Waals surface area contributed by atoms with E-state index in [4.69, 9.17) is 9.47 Å². The van der Waals surface area contributed by atoms with Gasteiger partial charge >= 0.3 is 6.09 Å². The summed E-state index contributed by atoms with van der Waals surface area (Å²) in [6.07, 6.45) is 1.25. The maximum atomic E-state index is 12.5. The Labute approximate surface area is 123 Å². The summed E-state index contributed by atoms with van der Waals surface area (Å²) in [7, 11) is 1.48. The van der Waals surface area contributed by atoms with Crippen molar-refractivity contribution < 1.29 is 19.1 Å². The Morgan fingerprint density at radius 3 is 2.52 bits per heavy atom. The van der Waals surface area contributed by atoms with Crippen LogP contribution in [0.5, 0.6) is 5.88 Å². The summed E-state index contributed by atoms with van der Waals surface area (Å²) in [6, 6.07) is 3.39. The Morgan fingerprint density at radius 1 is 1.24 bits per heavy atom. The average molecular weight is 293 g/mol. The first-order valence-electron chi connectivity index (χ1n) is 6.87. The molecule has 0 spiro atoms. The summed E-state index contributed by atoms with van der Waals surface area (Å²) in [6.45, 7) is 3.99. The van der Waals surface area contributed by atoms with E-state index >= 15 is 0 Å². The highest BCUT2D eigenvalue weighted by Crippen LogP contribution is 2.17. The van der Waals surface area contributed by atoms with Crippen LogP contribution < -0.4 is 4.74 Å². The van der Waals surface area contributed by atoms with Crippen molar-refractivity contribution in [3.63, 3.8) is 0 Å². The summed E-state index contributed by atoms with van der Waals surface area (Å²) in [5.74, 6) is 0.179. The van der Waals surface area contributed by atoms with Crippen LogP contribution in [-0.4, -0.2) is 66.7 Å². The molecule has 0 saturated carbocycles. The predicted molar refractivity (Wildman–Crippen MR) is 75.3 cm³/mol. The van der Waals surface area contributed by atoms with Gasteiger partial charge in [0.25, 0.3) is 5.91 Å². The monoisotopic (exact) mass is 293 g/mol. The third kappa shape index (κ3) is 3.42. The number of piperazine rings is 1. The summed E-state index contributed by atoms with van der Waals surface area (Å²) in [5, 5.41) is 0. The van der Waals surface area contributed by atoms with E-state index in [1.54, 1.807) is 35.1 Å². The quantitative estimate of drug-likeness (QED) is 0.831. The Balaban J connectivity index is 1.99. The molecule has 0 bridgehead atoms. The van der Waals surface area contributed by atoms with E-state index in [-0.39, 0.29) is 12.0 Å². The van der Waals surface area contributed by atoms with Gasteiger partial charge in [-0.3, -0.25) is 4.79 Å². The van der Waals surface area contributed by atoms with E-state index < -0.39 is 0 Å². The Hall–Kier alpha value is -2.31. The minimum atomic E-state index is -0.330. The highest BCUT2D eigenvalue weighted by atomic mass is 16.6. The van der Waals surface area contributed by atoms with Gasteiger partial charge in [0, 0.05) is 32.4 Å². The molecule has 0 unspecified atom stereocenters. The van der Waals surface area contributed by atoms with Crippen LogP contribution in [0, 0.1) is 0 Å². The zero-order chi connectivity index (χ0) is 15.2. The van der Waals surface area contributed by atoms with E-state index in [1.807, 2.05) is 0 Å². The summed E-state index contributed by atoms with van der Waals surface area (Å²) in [5.41, 5.74) is 0.435. The largest absolute Gasteiger partial charge is 0.480 e. The van der Waals surface area contributed by atoms with Gasteiger partial charge in [-0.05, 0) is 19.1 Å². The first-order chi connectivity index (χ1) is 10.2. The molecule has 1 aliphatic rings. The lowest BCUT2D eigenvalue weighted by Gasteiger charge is -2.34. The fourth-order valence-electron chi connectivity index (χ4n) is 2.19. The van der Waals surface area contributed by atoms with E-state index in [0.717, 1.165) is 0 Å². The van der Waals surface area contributed by atoms with Crippen molar-refractivity contribution in [2.45, 2.75) is 6.92 Å². The van der Waals surface area contributed by atoms with Gasteiger partial charge in [0.15, 0.2) is 0 Å². The predicted octanol–water partition coefficient (Wildman–Crippen LogP) is 1.00. The number of hydrogen-bond donors (Lipinski definition) is 0. The molecule has 2 amide bonds. The molecule has 1 aromatic rings. The summed E-state index contributed by atoms with van der Waals surface area (Å²) in [4.78, 5) is 31.4. The first kappa shape index (κ1) is 15.1. The molecule has 0 N–H and O–H groups in total. The molecule has 114 valence electrons. The van der Waals surface area contributed by atoms with Crippen LogP contribution in [0.1, 0.15) is 17.3 Å². The van der Waals surface area contributed by atoms with Crippen molar-refractivity contribution in [2.24, 2.45) is 0 Å². The third-order valence-corrected chi connectivity index (χ3v) is 3.29. The molecule has 0 radical (unpaired) electrons. The normalized spacial score (nSPS) is 14.8. The number of pyridine rings is 1. The number of hydrogen-bond acceptors (Lipinski definition) is 5. The molecule has 0 atom stereocenters. The molecule has 7 heteroatoms. The van der Waals surface area contributed by atoms with E-state index in [1.165, 1.54) is 7.11 Å². The maximum absolute atomic E-state index is 12.5. The lowest BCUT2D eigenvalue weighted by atomic mass is 10.2. The van der Waals surface area contributed by atoms with E-state index in [9.17, 15) is 9.59 Å². The van der Waals surface area contributed by atoms with Crippen LogP contribution in [-0.2, 0) is 4.74 Å². The van der Waals surface area contributed by atoms with Crippen molar-refractivity contribution in [1.82, 2.24) is 14.8 Å². The average Bonchev–Trinajstić information content (AvgIpc) is 2.54. The number of nitrogens with zero attached hydrogens (tertiary/aromatic N) is 3. The van der Waals surface area contributed by atoms with Crippen molar-refractivity contribution >= 4 is 12.0 Å². The smallest absolute Gasteiger partial charge is 0.409 e. The summed E-state index contributed by atoms with van der Waals surface area (Å²) < 4.78 is 10.1. The van der Waals surface area contributed by atoms with Crippen LogP contribution in [0.4, 0.5) is 4.79 Å². The number of aromatic nitrogens is 1. The fraction of sp³-hybridized carbons (Fsp3) is 0.500. The number of amides is 2. The van der Waals surface area contributed by atoms with Gasteiger partial charge in [-0.15, -0.1) is 0 Å². The molecule has 0 aliphatic carbocycles. The SMILES string of the molecule is CCOC(=O)N1CCN(C(=O)c2cccnc2OC)CC1. The van der Waals surface area contributed by atoms with Crippen LogP contribution in [0.3, 0.4) is 0 Å². The minimum absolute atomic E-state index is 0.136. The topological polar surface area (TPSA) is 72.0 Å². The van der Waals surface area contributed by atoms with Crippen molar-refractivity contribution in [2.75, 3.05) is 39.9 Å². The Bertz CT molecular complexity index is 513. The van der Waals surface area contributed by atoms with Gasteiger partial charge in [0.2, 0.25) is 5.88 Å². The van der Waals surface area contributed by atoms with Crippen LogP contribution in [0.25, 0.3) is 0 Å². The van der Waals surface area contributed by atoms with E-state index in [2.05, 4.69) is 4.98 Å². The molecule has 1 aromatic heterocycles. The highest BCUT2D eigenvalue weighted by molar-refractivity contribution is 5.96. The van der Waals surface area contributed by atoms with Gasteiger partial charge < -0.3 is 19.3 Å². The molecule has 0 aromatic carbocycles.